The van der Waals surface area contributed by atoms with Gasteiger partial charge >= 0.3 is 6.18 Å². The van der Waals surface area contributed by atoms with Crippen LogP contribution < -0.4 is 5.32 Å². The molecule has 0 radical (unpaired) electrons. The molecule has 2 rings (SSSR count). The average Bonchev–Trinajstić information content (AvgIpc) is 2.75. The van der Waals surface area contributed by atoms with Gasteiger partial charge in [-0.3, -0.25) is 0 Å². The van der Waals surface area contributed by atoms with Gasteiger partial charge in [0.2, 0.25) is 5.95 Å². The summed E-state index contributed by atoms with van der Waals surface area (Å²) in [5.74, 6) is -0.00150. The number of nitrogens with one attached hydrogen (secondary N) is 1. The summed E-state index contributed by atoms with van der Waals surface area (Å²) in [5.41, 5.74) is -0.643. The number of alkyl halides is 3. The molecule has 19 heavy (non-hydrogen) atoms. The van der Waals surface area contributed by atoms with Gasteiger partial charge in [-0.15, -0.1) is 11.3 Å². The van der Waals surface area contributed by atoms with Gasteiger partial charge < -0.3 is 5.32 Å². The fraction of sp³-hybridized carbons (Fsp3) is 0.333. The number of rotatable bonds is 3. The van der Waals surface area contributed by atoms with Crippen molar-refractivity contribution in [3.63, 3.8) is 0 Å². The molecule has 1 N–H and O–H groups in total. The van der Waals surface area contributed by atoms with Crippen LogP contribution in [0.1, 0.15) is 17.5 Å². The van der Waals surface area contributed by atoms with Crippen molar-refractivity contribution in [2.45, 2.75) is 20.0 Å². The number of hydrogen-bond acceptors (Lipinski definition) is 4. The lowest BCUT2D eigenvalue weighted by Crippen LogP contribution is -2.12. The van der Waals surface area contributed by atoms with Crippen LogP contribution in [0.4, 0.5) is 19.1 Å². The molecule has 0 spiro atoms. The predicted octanol–water partition coefficient (Wildman–Crippen LogP) is 3.96. The van der Waals surface area contributed by atoms with E-state index in [0.29, 0.717) is 11.4 Å². The van der Waals surface area contributed by atoms with Crippen molar-refractivity contribution < 1.29 is 13.2 Å². The minimum Gasteiger partial charge on any atom is -0.354 e. The van der Waals surface area contributed by atoms with Crippen molar-refractivity contribution in [2.75, 3.05) is 11.9 Å². The Bertz CT molecular complexity index is 578. The summed E-state index contributed by atoms with van der Waals surface area (Å²) in [7, 11) is 0. The number of halogens is 3. The molecule has 0 aliphatic rings. The van der Waals surface area contributed by atoms with E-state index in [2.05, 4.69) is 15.3 Å². The van der Waals surface area contributed by atoms with Crippen LogP contribution in [0, 0.1) is 6.92 Å². The lowest BCUT2D eigenvalue weighted by molar-refractivity contribution is -0.141. The Balaban J connectivity index is 2.51. The van der Waals surface area contributed by atoms with Crippen molar-refractivity contribution in [1.82, 2.24) is 9.97 Å². The molecule has 2 heterocycles. The zero-order valence-electron chi connectivity index (χ0n) is 10.4. The van der Waals surface area contributed by atoms with E-state index in [1.54, 1.807) is 13.0 Å². The Kier molecular flexibility index (Phi) is 3.75. The number of nitrogens with zero attached hydrogens (tertiary/aromatic N) is 2. The van der Waals surface area contributed by atoms with Crippen LogP contribution >= 0.6 is 11.3 Å². The first-order chi connectivity index (χ1) is 8.90. The monoisotopic (exact) mass is 287 g/mol. The van der Waals surface area contributed by atoms with Crippen LogP contribution in [0.3, 0.4) is 0 Å². The normalized spacial score (nSPS) is 11.6. The molecule has 0 unspecified atom stereocenters. The van der Waals surface area contributed by atoms with Crippen LogP contribution in [0.5, 0.6) is 0 Å². The topological polar surface area (TPSA) is 37.8 Å². The molecule has 0 saturated heterocycles. The molecular formula is C12H12F3N3S. The molecule has 2 aromatic rings. The van der Waals surface area contributed by atoms with E-state index in [-0.39, 0.29) is 11.6 Å². The molecule has 7 heteroatoms. The largest absolute Gasteiger partial charge is 0.433 e. The fourth-order valence-corrected chi connectivity index (χ4v) is 2.36. The molecule has 0 bridgehead atoms. The summed E-state index contributed by atoms with van der Waals surface area (Å²) >= 11 is 1.40. The zero-order valence-corrected chi connectivity index (χ0v) is 11.2. The van der Waals surface area contributed by atoms with Crippen molar-refractivity contribution in [2.24, 2.45) is 0 Å². The van der Waals surface area contributed by atoms with Crippen LogP contribution in [0.15, 0.2) is 18.2 Å². The third-order valence-corrected chi connectivity index (χ3v) is 3.37. The first-order valence-corrected chi connectivity index (χ1v) is 6.48. The van der Waals surface area contributed by atoms with Crippen LogP contribution in [-0.2, 0) is 6.18 Å². The summed E-state index contributed by atoms with van der Waals surface area (Å²) < 4.78 is 38.4. The molecule has 0 aromatic carbocycles. The Labute approximate surface area is 112 Å². The Hall–Kier alpha value is -1.63. The molecule has 0 aliphatic heterocycles. The number of aryl methyl sites for hydroxylation is 1. The smallest absolute Gasteiger partial charge is 0.354 e. The molecule has 0 saturated carbocycles. The second-order valence-corrected chi connectivity index (χ2v) is 5.19. The minimum atomic E-state index is -4.48. The second-order valence-electron chi connectivity index (χ2n) is 3.90. The Morgan fingerprint density at radius 3 is 2.53 bits per heavy atom. The Morgan fingerprint density at radius 2 is 2.00 bits per heavy atom. The maximum absolute atomic E-state index is 12.8. The number of anilines is 1. The lowest BCUT2D eigenvalue weighted by Gasteiger charge is -2.10. The van der Waals surface area contributed by atoms with E-state index in [1.165, 1.54) is 11.3 Å². The maximum Gasteiger partial charge on any atom is 0.433 e. The third-order valence-electron chi connectivity index (χ3n) is 2.34. The van der Waals surface area contributed by atoms with Gasteiger partial charge in [0.15, 0.2) is 5.69 Å². The highest BCUT2D eigenvalue weighted by Gasteiger charge is 2.33. The number of thiophene rings is 1. The quantitative estimate of drug-likeness (QED) is 0.928. The van der Waals surface area contributed by atoms with E-state index in [4.69, 9.17) is 0 Å². The molecule has 0 aliphatic carbocycles. The molecule has 102 valence electrons. The second kappa shape index (κ2) is 5.16. The van der Waals surface area contributed by atoms with Crippen LogP contribution in [0.25, 0.3) is 10.6 Å². The molecule has 0 fully saturated rings. The van der Waals surface area contributed by atoms with Gasteiger partial charge in [-0.05, 0) is 32.0 Å². The first kappa shape index (κ1) is 13.8. The third kappa shape index (κ3) is 3.23. The van der Waals surface area contributed by atoms with Crippen LogP contribution in [-0.4, -0.2) is 16.5 Å². The number of hydrogen-bond donors (Lipinski definition) is 1. The average molecular weight is 287 g/mol. The van der Waals surface area contributed by atoms with E-state index >= 15 is 0 Å². The van der Waals surface area contributed by atoms with Gasteiger partial charge in [-0.2, -0.15) is 13.2 Å². The molecule has 0 amide bonds. The van der Waals surface area contributed by atoms with Crippen molar-refractivity contribution >= 4 is 17.3 Å². The van der Waals surface area contributed by atoms with E-state index in [9.17, 15) is 13.2 Å². The van der Waals surface area contributed by atoms with Gasteiger partial charge in [0.05, 0.1) is 10.6 Å². The predicted molar refractivity (Wildman–Crippen MR) is 69.2 cm³/mol. The van der Waals surface area contributed by atoms with Gasteiger partial charge in [-0.1, -0.05) is 0 Å². The molecule has 3 nitrogen and oxygen atoms in total. The summed E-state index contributed by atoms with van der Waals surface area (Å²) in [6.07, 6.45) is -4.48. The lowest BCUT2D eigenvalue weighted by atomic mass is 10.2. The van der Waals surface area contributed by atoms with Crippen molar-refractivity contribution in [1.29, 1.82) is 0 Å². The zero-order chi connectivity index (χ0) is 14.0. The fourth-order valence-electron chi connectivity index (χ4n) is 1.53. The summed E-state index contributed by atoms with van der Waals surface area (Å²) in [4.78, 5) is 9.31. The van der Waals surface area contributed by atoms with Gasteiger partial charge in [-0.25, -0.2) is 9.97 Å². The van der Waals surface area contributed by atoms with Gasteiger partial charge in [0, 0.05) is 11.4 Å². The van der Waals surface area contributed by atoms with Crippen molar-refractivity contribution in [3.05, 3.63) is 28.8 Å². The standard InChI is InChI=1S/C12H12F3N3S/c1-3-16-11-17-8(9-5-4-7(2)19-9)6-10(18-11)12(13,14)15/h4-6H,3H2,1-2H3,(H,16,17,18). The number of aromatic nitrogens is 2. The molecule has 2 aromatic heterocycles. The first-order valence-electron chi connectivity index (χ1n) is 5.67. The highest BCUT2D eigenvalue weighted by atomic mass is 32.1. The molecular weight excluding hydrogens is 275 g/mol. The van der Waals surface area contributed by atoms with E-state index < -0.39 is 11.9 Å². The SMILES string of the molecule is CCNc1nc(-c2ccc(C)s2)cc(C(F)(F)F)n1. The maximum atomic E-state index is 12.8. The van der Waals surface area contributed by atoms with E-state index in [0.717, 1.165) is 10.9 Å². The van der Waals surface area contributed by atoms with Gasteiger partial charge in [0.1, 0.15) is 0 Å². The van der Waals surface area contributed by atoms with E-state index in [1.807, 2.05) is 13.0 Å². The minimum absolute atomic E-state index is 0.00150. The van der Waals surface area contributed by atoms with Crippen LogP contribution in [0.2, 0.25) is 0 Å². The summed E-state index contributed by atoms with van der Waals surface area (Å²) in [6.45, 7) is 4.13. The summed E-state index contributed by atoms with van der Waals surface area (Å²) in [6, 6.07) is 4.59. The van der Waals surface area contributed by atoms with Crippen molar-refractivity contribution in [3.8, 4) is 10.6 Å². The summed E-state index contributed by atoms with van der Waals surface area (Å²) in [5, 5.41) is 2.72. The highest BCUT2D eigenvalue weighted by molar-refractivity contribution is 7.15. The Morgan fingerprint density at radius 1 is 1.26 bits per heavy atom. The highest BCUT2D eigenvalue weighted by Crippen LogP contribution is 2.33. The molecule has 0 atom stereocenters. The van der Waals surface area contributed by atoms with Gasteiger partial charge in [0.25, 0.3) is 0 Å².